The first-order valence-corrected chi connectivity index (χ1v) is 5.95. The topological polar surface area (TPSA) is 47.9 Å². The van der Waals surface area contributed by atoms with Gasteiger partial charge in [-0.3, -0.25) is 0 Å². The monoisotopic (exact) mass is 254 g/mol. The molecule has 18 heavy (non-hydrogen) atoms. The van der Waals surface area contributed by atoms with Crippen molar-refractivity contribution in [2.24, 2.45) is 0 Å². The molecule has 0 saturated carbocycles. The number of aliphatic hydroxyl groups is 1. The van der Waals surface area contributed by atoms with Gasteiger partial charge in [0.05, 0.1) is 25.9 Å². The molecule has 0 atom stereocenters. The van der Waals surface area contributed by atoms with Crippen molar-refractivity contribution in [2.45, 2.75) is 39.4 Å². The summed E-state index contributed by atoms with van der Waals surface area (Å²) >= 11 is 0. The van der Waals surface area contributed by atoms with E-state index in [1.165, 1.54) is 0 Å². The third-order valence-corrected chi connectivity index (χ3v) is 2.51. The maximum absolute atomic E-state index is 10.1. The van der Waals surface area contributed by atoms with Gasteiger partial charge in [0.15, 0.2) is 11.5 Å². The van der Waals surface area contributed by atoms with Crippen molar-refractivity contribution >= 4 is 0 Å². The molecule has 1 rings (SSSR count). The summed E-state index contributed by atoms with van der Waals surface area (Å²) in [6, 6.07) is 3.49. The summed E-state index contributed by atoms with van der Waals surface area (Å²) in [6.45, 7) is 7.28. The van der Waals surface area contributed by atoms with E-state index in [2.05, 4.69) is 0 Å². The van der Waals surface area contributed by atoms with Crippen LogP contribution in [0.25, 0.3) is 0 Å². The number of hydrogen-bond donors (Lipinski definition) is 1. The normalized spacial score (nSPS) is 11.6. The Labute approximate surface area is 108 Å². The number of benzene rings is 1. The van der Waals surface area contributed by atoms with E-state index in [1.807, 2.05) is 13.8 Å². The molecule has 0 aromatic heterocycles. The van der Waals surface area contributed by atoms with E-state index < -0.39 is 5.60 Å². The first kappa shape index (κ1) is 14.6. The highest BCUT2D eigenvalue weighted by molar-refractivity contribution is 5.52. The lowest BCUT2D eigenvalue weighted by Crippen LogP contribution is -2.17. The molecule has 0 aliphatic rings. The van der Waals surface area contributed by atoms with Crippen molar-refractivity contribution in [3.05, 3.63) is 17.7 Å². The second kappa shape index (κ2) is 5.48. The van der Waals surface area contributed by atoms with Gasteiger partial charge in [-0.05, 0) is 33.8 Å². The average Bonchev–Trinajstić information content (AvgIpc) is 2.26. The van der Waals surface area contributed by atoms with Crippen LogP contribution < -0.4 is 14.2 Å². The van der Waals surface area contributed by atoms with E-state index in [4.69, 9.17) is 14.2 Å². The van der Waals surface area contributed by atoms with Gasteiger partial charge in [-0.25, -0.2) is 0 Å². The SMILES string of the molecule is COc1cc(C(C)(C)O)c(OC)cc1OC(C)C. The second-order valence-electron chi connectivity index (χ2n) is 4.93. The molecule has 4 nitrogen and oxygen atoms in total. The Morgan fingerprint density at radius 1 is 1.00 bits per heavy atom. The van der Waals surface area contributed by atoms with E-state index in [9.17, 15) is 5.11 Å². The van der Waals surface area contributed by atoms with Gasteiger partial charge in [0.25, 0.3) is 0 Å². The molecule has 0 spiro atoms. The Morgan fingerprint density at radius 2 is 1.56 bits per heavy atom. The minimum absolute atomic E-state index is 0.0385. The summed E-state index contributed by atoms with van der Waals surface area (Å²) in [5.74, 6) is 1.78. The molecule has 0 amide bonds. The summed E-state index contributed by atoms with van der Waals surface area (Å²) in [4.78, 5) is 0. The first-order valence-electron chi connectivity index (χ1n) is 5.95. The molecule has 0 heterocycles. The summed E-state index contributed by atoms with van der Waals surface area (Å²) in [6.07, 6.45) is 0.0385. The van der Waals surface area contributed by atoms with Crippen LogP contribution in [0.2, 0.25) is 0 Å². The molecule has 0 unspecified atom stereocenters. The lowest BCUT2D eigenvalue weighted by Gasteiger charge is -2.23. The third kappa shape index (κ3) is 3.29. The van der Waals surface area contributed by atoms with E-state index >= 15 is 0 Å². The van der Waals surface area contributed by atoms with Gasteiger partial charge in [0.2, 0.25) is 0 Å². The van der Waals surface area contributed by atoms with Crippen molar-refractivity contribution in [3.8, 4) is 17.2 Å². The fourth-order valence-electron chi connectivity index (χ4n) is 1.69. The van der Waals surface area contributed by atoms with E-state index in [0.717, 1.165) is 0 Å². The number of hydrogen-bond acceptors (Lipinski definition) is 4. The standard InChI is InChI=1S/C14H22O4/c1-9(2)18-13-8-11(16-5)10(14(3,4)15)7-12(13)17-6/h7-9,15H,1-6H3. The van der Waals surface area contributed by atoms with Gasteiger partial charge in [-0.1, -0.05) is 0 Å². The molecule has 1 N–H and O–H groups in total. The molecule has 1 aromatic carbocycles. The molecule has 0 saturated heterocycles. The summed E-state index contributed by atoms with van der Waals surface area (Å²) in [5, 5.41) is 10.1. The van der Waals surface area contributed by atoms with Crippen molar-refractivity contribution < 1.29 is 19.3 Å². The predicted molar refractivity (Wildman–Crippen MR) is 70.6 cm³/mol. The van der Waals surface area contributed by atoms with Crippen molar-refractivity contribution in [3.63, 3.8) is 0 Å². The minimum Gasteiger partial charge on any atom is -0.496 e. The summed E-state index contributed by atoms with van der Waals surface area (Å²) in [5.41, 5.74) is -0.340. The molecule has 0 bridgehead atoms. The van der Waals surface area contributed by atoms with Crippen LogP contribution >= 0.6 is 0 Å². The zero-order chi connectivity index (χ0) is 13.9. The van der Waals surface area contributed by atoms with Crippen LogP contribution in [0.15, 0.2) is 12.1 Å². The molecular weight excluding hydrogens is 232 g/mol. The first-order chi connectivity index (χ1) is 8.29. The van der Waals surface area contributed by atoms with E-state index in [-0.39, 0.29) is 6.10 Å². The van der Waals surface area contributed by atoms with Gasteiger partial charge in [-0.15, -0.1) is 0 Å². The summed E-state index contributed by atoms with van der Waals surface area (Å²) in [7, 11) is 3.14. The third-order valence-electron chi connectivity index (χ3n) is 2.51. The molecule has 4 heteroatoms. The van der Waals surface area contributed by atoms with Gasteiger partial charge in [0, 0.05) is 11.6 Å². The Hall–Kier alpha value is -1.42. The zero-order valence-corrected chi connectivity index (χ0v) is 11.9. The molecule has 0 aliphatic heterocycles. The van der Waals surface area contributed by atoms with Gasteiger partial charge in [-0.2, -0.15) is 0 Å². The van der Waals surface area contributed by atoms with Crippen molar-refractivity contribution in [1.29, 1.82) is 0 Å². The van der Waals surface area contributed by atoms with Gasteiger partial charge >= 0.3 is 0 Å². The summed E-state index contributed by atoms with van der Waals surface area (Å²) < 4.78 is 16.2. The molecule has 0 radical (unpaired) electrons. The van der Waals surface area contributed by atoms with Gasteiger partial charge in [0.1, 0.15) is 5.75 Å². The number of rotatable bonds is 5. The Balaban J connectivity index is 3.32. The Kier molecular flexibility index (Phi) is 4.46. The van der Waals surface area contributed by atoms with Crippen LogP contribution in [0.4, 0.5) is 0 Å². The van der Waals surface area contributed by atoms with Crippen LogP contribution in [0.1, 0.15) is 33.3 Å². The highest BCUT2D eigenvalue weighted by atomic mass is 16.5. The van der Waals surface area contributed by atoms with Crippen LogP contribution in [0.3, 0.4) is 0 Å². The molecule has 0 fully saturated rings. The second-order valence-corrected chi connectivity index (χ2v) is 4.93. The van der Waals surface area contributed by atoms with Crippen LogP contribution in [-0.2, 0) is 5.60 Å². The molecule has 0 aliphatic carbocycles. The fourth-order valence-corrected chi connectivity index (χ4v) is 1.69. The number of methoxy groups -OCH3 is 2. The lowest BCUT2D eigenvalue weighted by atomic mass is 9.96. The maximum atomic E-state index is 10.1. The quantitative estimate of drug-likeness (QED) is 0.877. The van der Waals surface area contributed by atoms with Crippen LogP contribution in [0.5, 0.6) is 17.2 Å². The van der Waals surface area contributed by atoms with Crippen LogP contribution in [-0.4, -0.2) is 25.4 Å². The highest BCUT2D eigenvalue weighted by Crippen LogP contribution is 2.39. The van der Waals surface area contributed by atoms with Gasteiger partial charge < -0.3 is 19.3 Å². The van der Waals surface area contributed by atoms with Crippen molar-refractivity contribution in [1.82, 2.24) is 0 Å². The predicted octanol–water partition coefficient (Wildman–Crippen LogP) is 2.72. The smallest absolute Gasteiger partial charge is 0.165 e. The maximum Gasteiger partial charge on any atom is 0.165 e. The number of ether oxygens (including phenoxy) is 3. The Bertz CT molecular complexity index is 405. The molecular formula is C14H22O4. The van der Waals surface area contributed by atoms with Crippen LogP contribution in [0, 0.1) is 0 Å². The molecule has 102 valence electrons. The van der Waals surface area contributed by atoms with E-state index in [1.54, 1.807) is 40.2 Å². The lowest BCUT2D eigenvalue weighted by molar-refractivity contribution is 0.0751. The minimum atomic E-state index is -1.00. The Morgan fingerprint density at radius 3 is 1.94 bits per heavy atom. The van der Waals surface area contributed by atoms with E-state index in [0.29, 0.717) is 22.8 Å². The zero-order valence-electron chi connectivity index (χ0n) is 11.9. The average molecular weight is 254 g/mol. The largest absolute Gasteiger partial charge is 0.496 e. The highest BCUT2D eigenvalue weighted by Gasteiger charge is 2.24. The molecule has 1 aromatic rings. The fraction of sp³-hybridized carbons (Fsp3) is 0.571. The van der Waals surface area contributed by atoms with Crippen molar-refractivity contribution in [2.75, 3.05) is 14.2 Å².